The number of nitrogens with two attached hydrogens (primary N) is 1. The Hall–Kier alpha value is -12.3. The fraction of sp³-hybridized carbons (Fsp3) is 0.533. The number of nitrogen functional groups attached to an aromatic ring is 1. The lowest BCUT2D eigenvalue weighted by atomic mass is 9.85. The van der Waals surface area contributed by atoms with Crippen molar-refractivity contribution in [2.45, 2.75) is 208 Å². The Balaban J connectivity index is 0.0000120. The molecule has 792 valence electrons. The van der Waals surface area contributed by atoms with E-state index in [2.05, 4.69) is 41.2 Å². The molecule has 21 atom stereocenters. The highest BCUT2D eigenvalue weighted by Gasteiger charge is 2.47. The second-order valence-corrected chi connectivity index (χ2v) is 37.6. The molecule has 2 aromatic heterocycles. The summed E-state index contributed by atoms with van der Waals surface area (Å²) in [6.07, 6.45) is -33.0. The van der Waals surface area contributed by atoms with Crippen molar-refractivity contribution >= 4 is 163 Å². The first-order valence-electron chi connectivity index (χ1n) is 44.4. The highest BCUT2D eigenvalue weighted by atomic mass is 35.5. The predicted molar refractivity (Wildman–Crippen MR) is 504 cm³/mol. The molecule has 0 fully saturated rings. The van der Waals surface area contributed by atoms with Crippen LogP contribution in [0.4, 0.5) is 16.4 Å². The number of hydrogen-bond acceptors (Lipinski definition) is 42. The first-order chi connectivity index (χ1) is 67.9. The SMILES string of the molecule is COc1ccc(C[C@H]2NC(=O)/C=C/C[C@@H]([C@H](C)[C@@H](OC(=O)OCCSSC[C@@H](NC(=O)[C@@H](CC(=O)[C@H](CC(=O)O)NC(=O)[C@@H](CC(=O)[C@H](CC(=O)O)NC(=O)[C@@H](CC(=O)CCCNC(=O)c3ccc(NCc4cnc5nc(N)[nH]c(=O)c5n4)cc3)[C@@H](O)[C@H](O)[C@H](O)CO)[C@@H](O)[C@H](O)[C@H](O)CO)[C@@H](O)[C@H](O)[C@H](O)CO)C(=O)O)[C@@H](Cl)c3ccccc3)OC(=O)[C@H](CC(C)C)OC(=O)C(C)(C)CNC2=O)cc1Cl.O=C=O. The molecular formula is C90H118Cl2N12O38S2. The first-order valence-corrected chi connectivity index (χ1v) is 47.7. The van der Waals surface area contributed by atoms with Crippen LogP contribution in [0.25, 0.3) is 11.2 Å². The number of carbonyl (C=O) groups is 15. The number of carboxylic acid groups (broad SMARTS) is 3. The number of Topliss-reactive ketones (excluding diaryl/α,β-unsaturated/α-hetero) is 3. The largest absolute Gasteiger partial charge is 0.508 e. The van der Waals surface area contributed by atoms with Gasteiger partial charge in [0, 0.05) is 80.3 Å². The van der Waals surface area contributed by atoms with Gasteiger partial charge >= 0.3 is 42.2 Å². The van der Waals surface area contributed by atoms with E-state index in [-0.39, 0.29) is 90.8 Å². The summed E-state index contributed by atoms with van der Waals surface area (Å²) in [7, 11) is 2.92. The van der Waals surface area contributed by atoms with Crippen LogP contribution in [0, 0.1) is 35.0 Å². The average Bonchev–Trinajstić information content (AvgIpc) is 0.815. The van der Waals surface area contributed by atoms with E-state index in [1.807, 2.05) is 16.0 Å². The molecule has 0 saturated heterocycles. The summed E-state index contributed by atoms with van der Waals surface area (Å²) in [5.41, 5.74) is 5.31. The number of aromatic nitrogens is 4. The number of hydrogen-bond donors (Lipinski definition) is 24. The van der Waals surface area contributed by atoms with Crippen molar-refractivity contribution in [3.8, 4) is 5.75 Å². The molecule has 3 heterocycles. The zero-order chi connectivity index (χ0) is 108. The van der Waals surface area contributed by atoms with Gasteiger partial charge in [-0.25, -0.2) is 24.4 Å². The molecule has 0 radical (unpaired) electrons. The number of H-pyrrole nitrogens is 1. The second kappa shape index (κ2) is 60.4. The zero-order valence-corrected chi connectivity index (χ0v) is 81.5. The highest BCUT2D eigenvalue weighted by Crippen LogP contribution is 2.37. The molecule has 0 bridgehead atoms. The molecule has 25 N–H and O–H groups in total. The third kappa shape index (κ3) is 39.0. The van der Waals surface area contributed by atoms with Gasteiger partial charge in [-0.2, -0.15) is 14.6 Å². The van der Waals surface area contributed by atoms with E-state index in [1.165, 1.54) is 64.4 Å². The number of nitrogens with one attached hydrogen (secondary N) is 8. The molecule has 144 heavy (non-hydrogen) atoms. The summed E-state index contributed by atoms with van der Waals surface area (Å²) in [6, 6.07) is 10.5. The molecule has 0 spiro atoms. The number of halogens is 2. The van der Waals surface area contributed by atoms with Gasteiger partial charge in [-0.3, -0.25) is 67.3 Å². The predicted octanol–water partition coefficient (Wildman–Crippen LogP) is -2.85. The Morgan fingerprint density at radius 2 is 1.23 bits per heavy atom. The van der Waals surface area contributed by atoms with Crippen molar-refractivity contribution in [3.05, 3.63) is 129 Å². The van der Waals surface area contributed by atoms with E-state index in [0.29, 0.717) is 39.1 Å². The van der Waals surface area contributed by atoms with Crippen LogP contribution in [0.3, 0.4) is 0 Å². The first kappa shape index (κ1) is 122. The Morgan fingerprint density at radius 1 is 0.688 bits per heavy atom. The lowest BCUT2D eigenvalue weighted by Gasteiger charge is -2.34. The number of aliphatic hydroxyl groups is 12. The number of aliphatic hydroxyl groups excluding tert-OH is 12. The topological polar surface area (TPSA) is 822 Å². The molecule has 5 aromatic rings. The maximum atomic E-state index is 14.5. The monoisotopic (exact) mass is 2110 g/mol. The fourth-order valence-electron chi connectivity index (χ4n) is 14.1. The van der Waals surface area contributed by atoms with Gasteiger partial charge in [-0.15, -0.1) is 11.6 Å². The summed E-state index contributed by atoms with van der Waals surface area (Å²) < 4.78 is 28.6. The summed E-state index contributed by atoms with van der Waals surface area (Å²) in [5.74, 6) is -28.7. The number of ether oxygens (including phenoxy) is 5. The molecule has 3 aromatic carbocycles. The number of benzene rings is 3. The van der Waals surface area contributed by atoms with Gasteiger partial charge in [0.05, 0.1) is 122 Å². The molecule has 1 aliphatic rings. The second-order valence-electron chi connectivity index (χ2n) is 34.1. The standard InChI is InChI=1S/C89H118Cl2N12O36S2.CO2/c1-41(2)26-64-85(132)137-62(15-10-16-65(113)98-55(28-43-17-22-63(135-6)52(90)27-43)82(128)96-40-89(4,5)86(133)138-64)42(3)76(68(91)44-12-8-7-9-13-44)139-88(134)136-24-25-140-141-39-56(84(130)131)101-81(127)51(72(120)75(123)61(112)38-106)31-58(109)54(33-67(116)117)100-80(126)50(71(119)74(122)60(111)37-105)30-57(108)53(32-66(114)115)99-79(125)49(70(118)73(121)59(110)36-104)29-48(107)14-11-23-93-78(124)45-18-20-46(21-19-45)94-34-47-35-95-77-69(97-47)83(129)103-87(92)102-77;2-1-3/h7-10,12-13,16-22,27,35,41-42,49-51,53-56,59-62,64,68,70-76,94,104-106,110-112,118-123H,11,14-15,23-26,28-34,36-40H2,1-6H3,(H,93,124)(H,96,128)(H,98,113)(H,99,125)(H,100,126)(H,101,127)(H,114,115)(H,116,117)(H,130,131)(H3,92,95,102,103,129);/b16-10+;/t42-,49-,50-,51-,53-,54-,55+,56+,59+,60+,61+,62-,64-,68-,70+,71+,72+,73+,74+,75+,76+;/m0./s1. The Kier molecular flexibility index (Phi) is 51.2. The quantitative estimate of drug-likeness (QED) is 0.00613. The number of carboxylic acids is 3. The third-order valence-corrected chi connectivity index (χ3v) is 25.4. The number of anilines is 2. The Morgan fingerprint density at radius 3 is 1.74 bits per heavy atom. The number of cyclic esters (lactones) is 2. The van der Waals surface area contributed by atoms with Gasteiger partial charge < -0.3 is 143 Å². The Labute approximate surface area is 838 Å². The van der Waals surface area contributed by atoms with E-state index in [1.54, 1.807) is 62.4 Å². The number of esters is 2. The lowest BCUT2D eigenvalue weighted by Crippen LogP contribution is -2.55. The molecule has 6 rings (SSSR count). The van der Waals surface area contributed by atoms with E-state index in [0.717, 1.165) is 16.9 Å². The molecule has 6 amide bonds. The number of aromatic amines is 1. The minimum Gasteiger partial charge on any atom is -0.495 e. The van der Waals surface area contributed by atoms with Gasteiger partial charge in [0.25, 0.3) is 11.5 Å². The van der Waals surface area contributed by atoms with Gasteiger partial charge in [0.2, 0.25) is 35.5 Å². The lowest BCUT2D eigenvalue weighted by molar-refractivity contribution is -0.192. The van der Waals surface area contributed by atoms with E-state index in [9.17, 15) is 153 Å². The fourth-order valence-corrected chi connectivity index (χ4v) is 16.8. The van der Waals surface area contributed by atoms with Crippen LogP contribution in [0.1, 0.15) is 125 Å². The van der Waals surface area contributed by atoms with Crippen molar-refractivity contribution in [3.63, 3.8) is 0 Å². The van der Waals surface area contributed by atoms with E-state index < -0.39 is 297 Å². The molecule has 1 aliphatic heterocycles. The van der Waals surface area contributed by atoms with Crippen LogP contribution in [-0.2, 0) is 104 Å². The van der Waals surface area contributed by atoms with Crippen molar-refractivity contribution in [2.24, 2.45) is 35.0 Å². The van der Waals surface area contributed by atoms with Gasteiger partial charge in [-0.05, 0) is 86.2 Å². The number of methoxy groups -OCH3 is 1. The van der Waals surface area contributed by atoms with Crippen LogP contribution < -0.4 is 53.2 Å². The molecule has 50 nitrogen and oxygen atoms in total. The van der Waals surface area contributed by atoms with Crippen LogP contribution in [0.15, 0.2) is 95.9 Å². The number of fused-ring (bicyclic) bond motifs is 1. The molecule has 0 saturated carbocycles. The summed E-state index contributed by atoms with van der Waals surface area (Å²) >= 11 is 13.6. The van der Waals surface area contributed by atoms with Crippen molar-refractivity contribution in [2.75, 3.05) is 69.2 Å². The minimum absolute atomic E-state index is 0.0221. The van der Waals surface area contributed by atoms with Crippen molar-refractivity contribution in [1.82, 2.24) is 51.8 Å². The normalized spacial score (nSPS) is 18.5. The number of rotatable bonds is 55. The van der Waals surface area contributed by atoms with E-state index in [4.69, 9.17) is 62.2 Å². The summed E-state index contributed by atoms with van der Waals surface area (Å²) in [4.78, 5) is 250. The van der Waals surface area contributed by atoms with Gasteiger partial charge in [0.15, 0.2) is 28.8 Å². The van der Waals surface area contributed by atoms with Gasteiger partial charge in [0.1, 0.15) is 79.1 Å². The Bertz CT molecular complexity index is 5320. The van der Waals surface area contributed by atoms with E-state index >= 15 is 0 Å². The number of alkyl halides is 1. The number of amides is 6. The smallest absolute Gasteiger partial charge is 0.495 e. The van der Waals surface area contributed by atoms with Crippen LogP contribution in [0.5, 0.6) is 5.75 Å². The van der Waals surface area contributed by atoms with Crippen LogP contribution >= 0.6 is 44.8 Å². The third-order valence-electron chi connectivity index (χ3n) is 22.2. The van der Waals surface area contributed by atoms with Crippen LogP contribution in [0.2, 0.25) is 5.02 Å². The molecule has 54 heteroatoms. The number of nitrogens with zero attached hydrogens (tertiary/aromatic N) is 3. The maximum absolute atomic E-state index is 14.5. The molecule has 0 unspecified atom stereocenters. The van der Waals surface area contributed by atoms with Crippen molar-refractivity contribution in [1.29, 1.82) is 0 Å². The van der Waals surface area contributed by atoms with Gasteiger partial charge in [-0.1, -0.05) is 96.4 Å². The number of aliphatic carboxylic acids is 3. The highest BCUT2D eigenvalue weighted by molar-refractivity contribution is 8.76. The average molecular weight is 2110 g/mol. The minimum atomic E-state index is -2.84. The van der Waals surface area contributed by atoms with Crippen molar-refractivity contribution < 1.29 is 182 Å². The summed E-state index contributed by atoms with van der Waals surface area (Å²) in [6.45, 7) is 2.92. The van der Waals surface area contributed by atoms with Crippen LogP contribution in [-0.4, -0.2) is 347 Å². The summed E-state index contributed by atoms with van der Waals surface area (Å²) in [5, 5.41) is 174. The molecular weight excluding hydrogens is 1990 g/mol. The molecule has 0 aliphatic carbocycles. The zero-order valence-electron chi connectivity index (χ0n) is 78.4. The number of carbonyl (C=O) groups excluding carboxylic acids is 14. The number of ketones is 3. The maximum Gasteiger partial charge on any atom is 0.508 e.